The second-order valence-corrected chi connectivity index (χ2v) is 9.40. The molecule has 4 aromatic rings. The number of hydrogen-bond donors (Lipinski definition) is 0. The quantitative estimate of drug-likeness (QED) is 0.403. The fraction of sp³-hybridized carbons (Fsp3) is 0.320. The highest BCUT2D eigenvalue weighted by Gasteiger charge is 2.30. The van der Waals surface area contributed by atoms with Gasteiger partial charge in [0.25, 0.3) is 5.91 Å². The summed E-state index contributed by atoms with van der Waals surface area (Å²) in [6, 6.07) is 11.4. The zero-order chi connectivity index (χ0) is 23.1. The van der Waals surface area contributed by atoms with E-state index in [1.807, 2.05) is 48.2 Å². The van der Waals surface area contributed by atoms with Gasteiger partial charge in [0.15, 0.2) is 0 Å². The lowest BCUT2D eigenvalue weighted by molar-refractivity contribution is 0.0635. The van der Waals surface area contributed by atoms with Crippen LogP contribution in [0.5, 0.6) is 11.5 Å². The summed E-state index contributed by atoms with van der Waals surface area (Å²) < 4.78 is 14.0. The molecule has 0 radical (unpaired) electrons. The molecule has 1 unspecified atom stereocenters. The number of hydrogen-bond acceptors (Lipinski definition) is 6. The van der Waals surface area contributed by atoms with Crippen LogP contribution >= 0.6 is 11.3 Å². The first kappa shape index (κ1) is 21.6. The molecule has 0 spiro atoms. The minimum atomic E-state index is -0.0199. The van der Waals surface area contributed by atoms with E-state index in [-0.39, 0.29) is 17.9 Å². The zero-order valence-corrected chi connectivity index (χ0v) is 19.6. The third-order valence-electron chi connectivity index (χ3n) is 6.08. The van der Waals surface area contributed by atoms with E-state index in [0.29, 0.717) is 23.0 Å². The van der Waals surface area contributed by atoms with E-state index in [2.05, 4.69) is 4.98 Å². The third kappa shape index (κ3) is 3.89. The van der Waals surface area contributed by atoms with E-state index in [9.17, 15) is 9.59 Å². The largest absolute Gasteiger partial charge is 0.456 e. The number of amides is 1. The molecule has 1 aliphatic heterocycles. The lowest BCUT2D eigenvalue weighted by Gasteiger charge is -2.23. The Morgan fingerprint density at radius 2 is 2.06 bits per heavy atom. The van der Waals surface area contributed by atoms with E-state index in [4.69, 9.17) is 9.47 Å². The van der Waals surface area contributed by atoms with Crippen molar-refractivity contribution in [2.45, 2.75) is 32.7 Å². The Morgan fingerprint density at radius 1 is 1.21 bits per heavy atom. The minimum absolute atomic E-state index is 0.0194. The van der Waals surface area contributed by atoms with Crippen LogP contribution in [-0.2, 0) is 4.74 Å². The Labute approximate surface area is 195 Å². The van der Waals surface area contributed by atoms with Crippen molar-refractivity contribution in [3.63, 3.8) is 0 Å². The number of carbonyl (C=O) groups is 2. The van der Waals surface area contributed by atoms with Crippen molar-refractivity contribution >= 4 is 44.3 Å². The maximum absolute atomic E-state index is 13.2. The summed E-state index contributed by atoms with van der Waals surface area (Å²) in [6.07, 6.45) is 3.64. The first-order chi connectivity index (χ1) is 16.0. The second-order valence-electron chi connectivity index (χ2n) is 8.35. The van der Waals surface area contributed by atoms with Crippen LogP contribution in [-0.4, -0.2) is 52.6 Å². The Kier molecular flexibility index (Phi) is 5.64. The summed E-state index contributed by atoms with van der Waals surface area (Å²) in [5.41, 5.74) is 2.48. The highest BCUT2D eigenvalue weighted by atomic mass is 32.1. The molecule has 0 N–H and O–H groups in total. The number of rotatable bonds is 5. The van der Waals surface area contributed by atoms with Gasteiger partial charge in [-0.1, -0.05) is 0 Å². The maximum atomic E-state index is 13.2. The molecule has 8 heteroatoms. The number of likely N-dealkylation sites (tertiary alicyclic amines) is 1. The molecule has 1 aliphatic rings. The predicted octanol–water partition coefficient (Wildman–Crippen LogP) is 5.26. The summed E-state index contributed by atoms with van der Waals surface area (Å²) in [6.45, 7) is 4.77. The molecular weight excluding hydrogens is 438 g/mol. The van der Waals surface area contributed by atoms with Gasteiger partial charge in [-0.05, 0) is 50.1 Å². The molecule has 1 aromatic carbocycles. The lowest BCUT2D eigenvalue weighted by Crippen LogP contribution is -2.37. The molecule has 1 amide bonds. The number of benzene rings is 1. The number of thiophene rings is 1. The van der Waals surface area contributed by atoms with Gasteiger partial charge in [0.05, 0.1) is 33.3 Å². The molecule has 1 atom stereocenters. The van der Waals surface area contributed by atoms with Gasteiger partial charge in [0.2, 0.25) is 5.91 Å². The van der Waals surface area contributed by atoms with Crippen LogP contribution in [0.25, 0.3) is 21.1 Å². The fourth-order valence-corrected chi connectivity index (χ4v) is 5.67. The summed E-state index contributed by atoms with van der Waals surface area (Å²) in [7, 11) is 1.67. The maximum Gasteiger partial charge on any atom is 0.264 e. The van der Waals surface area contributed by atoms with Crippen LogP contribution < -0.4 is 4.74 Å². The van der Waals surface area contributed by atoms with Crippen molar-refractivity contribution in [2.75, 3.05) is 20.3 Å². The number of ether oxygens (including phenoxy) is 2. The summed E-state index contributed by atoms with van der Waals surface area (Å²) in [5, 5.41) is 0.936. The van der Waals surface area contributed by atoms with Crippen molar-refractivity contribution in [1.82, 2.24) is 14.5 Å². The van der Waals surface area contributed by atoms with E-state index >= 15 is 0 Å². The number of aromatic nitrogens is 2. The molecule has 4 heterocycles. The van der Waals surface area contributed by atoms with E-state index in [0.717, 1.165) is 46.2 Å². The Balaban J connectivity index is 1.45. The van der Waals surface area contributed by atoms with Gasteiger partial charge in [-0.15, -0.1) is 11.3 Å². The monoisotopic (exact) mass is 463 g/mol. The topological polar surface area (TPSA) is 73.7 Å². The van der Waals surface area contributed by atoms with Crippen LogP contribution in [0.3, 0.4) is 0 Å². The van der Waals surface area contributed by atoms with Crippen LogP contribution in [0.2, 0.25) is 0 Å². The minimum Gasteiger partial charge on any atom is -0.456 e. The summed E-state index contributed by atoms with van der Waals surface area (Å²) in [4.78, 5) is 32.2. The molecule has 3 aromatic heterocycles. The molecular formula is C25H25N3O4S. The molecule has 5 rings (SSSR count). The van der Waals surface area contributed by atoms with Gasteiger partial charge in [0, 0.05) is 43.9 Å². The van der Waals surface area contributed by atoms with Crippen molar-refractivity contribution in [2.24, 2.45) is 0 Å². The van der Waals surface area contributed by atoms with Crippen molar-refractivity contribution < 1.29 is 19.1 Å². The van der Waals surface area contributed by atoms with Gasteiger partial charge >= 0.3 is 0 Å². The van der Waals surface area contributed by atoms with E-state index in [1.54, 1.807) is 24.8 Å². The first-order valence-corrected chi connectivity index (χ1v) is 11.8. The average molecular weight is 464 g/mol. The van der Waals surface area contributed by atoms with Gasteiger partial charge < -0.3 is 14.4 Å². The van der Waals surface area contributed by atoms with Crippen LogP contribution in [0.1, 0.15) is 39.9 Å². The van der Waals surface area contributed by atoms with Crippen LogP contribution in [0.15, 0.2) is 42.6 Å². The highest BCUT2D eigenvalue weighted by Crippen LogP contribution is 2.37. The molecule has 170 valence electrons. The van der Waals surface area contributed by atoms with Gasteiger partial charge in [0.1, 0.15) is 11.5 Å². The number of carbonyl (C=O) groups excluding carboxylic acids is 2. The molecule has 0 bridgehead atoms. The fourth-order valence-electron chi connectivity index (χ4n) is 4.65. The van der Waals surface area contributed by atoms with Crippen molar-refractivity contribution in [3.05, 3.63) is 53.2 Å². The third-order valence-corrected chi connectivity index (χ3v) is 7.21. The Morgan fingerprint density at radius 3 is 2.85 bits per heavy atom. The summed E-state index contributed by atoms with van der Waals surface area (Å²) >= 11 is 1.40. The molecule has 7 nitrogen and oxygen atoms in total. The number of methoxy groups -OCH3 is 1. The summed E-state index contributed by atoms with van der Waals surface area (Å²) in [5.74, 6) is 1.32. The average Bonchev–Trinajstić information content (AvgIpc) is 3.49. The van der Waals surface area contributed by atoms with Gasteiger partial charge in [-0.25, -0.2) is 0 Å². The molecule has 1 saturated heterocycles. The standard InChI is InChI=1S/C25H25N3O4S/c1-15-11-17-12-19(6-7-21(17)28(15)16(2)29)32-22-8-9-26-20-13-23(33-24(20)22)25(30)27-10-4-5-18(27)14-31-3/h6-9,11-13,18H,4-5,10,14H2,1-3H3. The normalized spacial score (nSPS) is 16.1. The van der Waals surface area contributed by atoms with Crippen LogP contribution in [0, 0.1) is 6.92 Å². The number of nitrogens with zero attached hydrogens (tertiary/aromatic N) is 3. The molecule has 33 heavy (non-hydrogen) atoms. The van der Waals surface area contributed by atoms with Gasteiger partial charge in [-0.3, -0.25) is 19.1 Å². The lowest BCUT2D eigenvalue weighted by atomic mass is 10.2. The second kappa shape index (κ2) is 8.61. The molecule has 0 aliphatic carbocycles. The van der Waals surface area contributed by atoms with E-state index < -0.39 is 0 Å². The molecule has 1 fully saturated rings. The first-order valence-electron chi connectivity index (χ1n) is 11.0. The zero-order valence-electron chi connectivity index (χ0n) is 18.8. The number of aryl methyl sites for hydroxylation is 1. The predicted molar refractivity (Wildman–Crippen MR) is 129 cm³/mol. The van der Waals surface area contributed by atoms with E-state index in [1.165, 1.54) is 11.3 Å². The Hall–Kier alpha value is -3.23. The number of pyridine rings is 1. The van der Waals surface area contributed by atoms with Crippen LogP contribution in [0.4, 0.5) is 0 Å². The van der Waals surface area contributed by atoms with Crippen molar-refractivity contribution in [1.29, 1.82) is 0 Å². The smallest absolute Gasteiger partial charge is 0.264 e. The van der Waals surface area contributed by atoms with Crippen molar-refractivity contribution in [3.8, 4) is 11.5 Å². The van der Waals surface area contributed by atoms with Gasteiger partial charge in [-0.2, -0.15) is 0 Å². The Bertz CT molecular complexity index is 1370. The SMILES string of the molecule is COCC1CCCN1C(=O)c1cc2nccc(Oc3ccc4c(c3)cc(C)n4C(C)=O)c2s1. The highest BCUT2D eigenvalue weighted by molar-refractivity contribution is 7.21. The molecule has 0 saturated carbocycles. The number of fused-ring (bicyclic) bond motifs is 2.